The molecule has 0 spiro atoms. The van der Waals surface area contributed by atoms with Gasteiger partial charge < -0.3 is 25.6 Å². The van der Waals surface area contributed by atoms with Gasteiger partial charge in [0.25, 0.3) is 0 Å². The molecule has 4 rings (SSSR count). The highest BCUT2D eigenvalue weighted by molar-refractivity contribution is 6.33. The molecule has 11 nitrogen and oxygen atoms in total. The summed E-state index contributed by atoms with van der Waals surface area (Å²) in [5.41, 5.74) is 7.67. The molecule has 3 aromatic heterocycles. The minimum absolute atomic E-state index is 0.0282. The third-order valence-electron chi connectivity index (χ3n) is 5.09. The van der Waals surface area contributed by atoms with Gasteiger partial charge in [0.1, 0.15) is 5.02 Å². The second-order valence-electron chi connectivity index (χ2n) is 7.24. The van der Waals surface area contributed by atoms with Gasteiger partial charge in [0.15, 0.2) is 5.65 Å². The van der Waals surface area contributed by atoms with E-state index in [2.05, 4.69) is 25.4 Å². The third-order valence-corrected chi connectivity index (χ3v) is 5.36. The number of ether oxygens (including phenoxy) is 1. The van der Waals surface area contributed by atoms with Crippen molar-refractivity contribution in [2.45, 2.75) is 26.8 Å². The summed E-state index contributed by atoms with van der Waals surface area (Å²) in [7, 11) is 0. The van der Waals surface area contributed by atoms with Crippen LogP contribution >= 0.6 is 11.6 Å². The number of piperazine rings is 1. The summed E-state index contributed by atoms with van der Waals surface area (Å²) in [5, 5.41) is 7.60. The van der Waals surface area contributed by atoms with Crippen molar-refractivity contribution in [2.24, 2.45) is 0 Å². The number of fused-ring (bicyclic) bond motifs is 1. The number of carbonyl (C=O) groups excluding carboxylic acids is 1. The molecule has 1 saturated heterocycles. The van der Waals surface area contributed by atoms with Crippen LogP contribution in [0.2, 0.25) is 5.02 Å². The number of aryl methyl sites for hydroxylation is 1. The Morgan fingerprint density at radius 3 is 2.84 bits per heavy atom. The lowest BCUT2D eigenvalue weighted by Gasteiger charge is -2.40. The fraction of sp³-hybridized carbons (Fsp3) is 0.421. The highest BCUT2D eigenvalue weighted by atomic mass is 35.5. The molecule has 0 saturated carbocycles. The van der Waals surface area contributed by atoms with E-state index in [0.717, 1.165) is 0 Å². The number of hydrogen-bond donors (Lipinski definition) is 2. The largest absolute Gasteiger partial charge is 0.478 e. The molecule has 0 bridgehead atoms. The van der Waals surface area contributed by atoms with Gasteiger partial charge in [-0.15, -0.1) is 0 Å². The molecule has 164 valence electrons. The summed E-state index contributed by atoms with van der Waals surface area (Å²) in [6, 6.07) is 3.33. The Bertz CT molecular complexity index is 1120. The van der Waals surface area contributed by atoms with E-state index in [1.165, 1.54) is 6.20 Å². The standard InChI is InChI=1S/C19H24ClN9O2/c1-4-31-15-6-5-14(12(3)23-15)24-19(30)27-7-8-28(11(2)10-27)18-26-17(21)25-16-13(20)9-22-29(16)18/h5-6,9,11H,4,7-8,10H2,1-3H3,(H2,21,25)(H,24,30)/t11-/m0/s1. The normalized spacial score (nSPS) is 16.6. The van der Waals surface area contributed by atoms with Gasteiger partial charge in [-0.1, -0.05) is 11.6 Å². The Morgan fingerprint density at radius 1 is 1.32 bits per heavy atom. The van der Waals surface area contributed by atoms with Crippen LogP contribution in [0.15, 0.2) is 18.3 Å². The number of pyridine rings is 1. The lowest BCUT2D eigenvalue weighted by atomic mass is 10.2. The summed E-state index contributed by atoms with van der Waals surface area (Å²) in [5.74, 6) is 1.21. The zero-order chi connectivity index (χ0) is 22.1. The zero-order valence-electron chi connectivity index (χ0n) is 17.5. The fourth-order valence-electron chi connectivity index (χ4n) is 3.57. The second-order valence-corrected chi connectivity index (χ2v) is 7.65. The van der Waals surface area contributed by atoms with Gasteiger partial charge in [-0.2, -0.15) is 19.6 Å². The molecule has 1 aliphatic heterocycles. The van der Waals surface area contributed by atoms with Crippen molar-refractivity contribution >= 4 is 40.9 Å². The van der Waals surface area contributed by atoms with Crippen LogP contribution < -0.4 is 20.7 Å². The number of amides is 2. The smallest absolute Gasteiger partial charge is 0.322 e. The average molecular weight is 446 g/mol. The second kappa shape index (κ2) is 8.42. The number of aromatic nitrogens is 5. The van der Waals surface area contributed by atoms with E-state index in [1.54, 1.807) is 21.5 Å². The lowest BCUT2D eigenvalue weighted by molar-refractivity contribution is 0.199. The third kappa shape index (κ3) is 4.13. The Kier molecular flexibility index (Phi) is 5.68. The molecular weight excluding hydrogens is 422 g/mol. The van der Waals surface area contributed by atoms with E-state index in [4.69, 9.17) is 22.1 Å². The topological polar surface area (TPSA) is 127 Å². The van der Waals surface area contributed by atoms with Crippen molar-refractivity contribution in [2.75, 3.05) is 42.2 Å². The zero-order valence-corrected chi connectivity index (χ0v) is 18.3. The summed E-state index contributed by atoms with van der Waals surface area (Å²) in [6.07, 6.45) is 1.51. The lowest BCUT2D eigenvalue weighted by Crippen LogP contribution is -2.55. The van der Waals surface area contributed by atoms with Crippen molar-refractivity contribution < 1.29 is 9.53 Å². The van der Waals surface area contributed by atoms with Crippen LogP contribution in [0, 0.1) is 6.92 Å². The molecular formula is C19H24ClN9O2. The van der Waals surface area contributed by atoms with Crippen molar-refractivity contribution in [1.29, 1.82) is 0 Å². The van der Waals surface area contributed by atoms with Gasteiger partial charge >= 0.3 is 6.03 Å². The van der Waals surface area contributed by atoms with E-state index < -0.39 is 0 Å². The van der Waals surface area contributed by atoms with Crippen LogP contribution in [0.5, 0.6) is 5.88 Å². The van der Waals surface area contributed by atoms with E-state index in [-0.39, 0.29) is 18.0 Å². The molecule has 3 N–H and O–H groups in total. The molecule has 3 aromatic rings. The number of anilines is 3. The maximum atomic E-state index is 12.8. The van der Waals surface area contributed by atoms with Crippen molar-refractivity contribution in [1.82, 2.24) is 29.5 Å². The number of halogens is 1. The van der Waals surface area contributed by atoms with Gasteiger partial charge in [0, 0.05) is 31.7 Å². The number of carbonyl (C=O) groups is 1. The van der Waals surface area contributed by atoms with E-state index >= 15 is 0 Å². The first kappa shape index (κ1) is 20.9. The maximum Gasteiger partial charge on any atom is 0.322 e. The van der Waals surface area contributed by atoms with Gasteiger partial charge in [-0.25, -0.2) is 9.78 Å². The molecule has 1 atom stereocenters. The Balaban J connectivity index is 1.47. The number of nitrogens with two attached hydrogens (primary N) is 1. The first-order chi connectivity index (χ1) is 14.9. The predicted molar refractivity (Wildman–Crippen MR) is 118 cm³/mol. The monoisotopic (exact) mass is 445 g/mol. The number of nitrogens with zero attached hydrogens (tertiary/aromatic N) is 7. The molecule has 0 radical (unpaired) electrons. The summed E-state index contributed by atoms with van der Waals surface area (Å²) >= 11 is 6.15. The van der Waals surface area contributed by atoms with Crippen LogP contribution in [0.1, 0.15) is 19.5 Å². The minimum atomic E-state index is -0.185. The summed E-state index contributed by atoms with van der Waals surface area (Å²) in [4.78, 5) is 29.5. The van der Waals surface area contributed by atoms with Gasteiger partial charge in [0.2, 0.25) is 17.8 Å². The van der Waals surface area contributed by atoms with Gasteiger partial charge in [-0.05, 0) is 26.8 Å². The molecule has 1 aliphatic rings. The molecule has 1 fully saturated rings. The van der Waals surface area contributed by atoms with Crippen LogP contribution in [-0.2, 0) is 0 Å². The van der Waals surface area contributed by atoms with Gasteiger partial charge in [-0.3, -0.25) is 0 Å². The van der Waals surface area contributed by atoms with E-state index in [9.17, 15) is 4.79 Å². The van der Waals surface area contributed by atoms with Crippen molar-refractivity contribution in [3.8, 4) is 5.88 Å². The number of rotatable bonds is 4. The highest BCUT2D eigenvalue weighted by Crippen LogP contribution is 2.24. The molecule has 4 heterocycles. The van der Waals surface area contributed by atoms with E-state index in [0.29, 0.717) is 60.1 Å². The molecule has 31 heavy (non-hydrogen) atoms. The van der Waals surface area contributed by atoms with Crippen molar-refractivity contribution in [3.63, 3.8) is 0 Å². The fourth-order valence-corrected chi connectivity index (χ4v) is 3.74. The molecule has 0 aliphatic carbocycles. The SMILES string of the molecule is CCOc1ccc(NC(=O)N2CCN(c3nc(N)nc4c(Cl)cnn34)[C@@H](C)C2)c(C)n1. The van der Waals surface area contributed by atoms with Crippen LogP contribution in [0.3, 0.4) is 0 Å². The average Bonchev–Trinajstić information content (AvgIpc) is 3.10. The first-order valence-electron chi connectivity index (χ1n) is 9.97. The van der Waals surface area contributed by atoms with Gasteiger partial charge in [0.05, 0.1) is 24.2 Å². The predicted octanol–water partition coefficient (Wildman–Crippen LogP) is 2.20. The number of hydrogen-bond acceptors (Lipinski definition) is 8. The number of nitrogen functional groups attached to an aromatic ring is 1. The Morgan fingerprint density at radius 2 is 2.13 bits per heavy atom. The number of urea groups is 1. The summed E-state index contributed by atoms with van der Waals surface area (Å²) in [6.45, 7) is 7.83. The van der Waals surface area contributed by atoms with Crippen molar-refractivity contribution in [3.05, 3.63) is 29.0 Å². The molecule has 0 unspecified atom stereocenters. The van der Waals surface area contributed by atoms with Crippen LogP contribution in [-0.4, -0.2) is 67.8 Å². The minimum Gasteiger partial charge on any atom is -0.478 e. The van der Waals surface area contributed by atoms with Crippen LogP contribution in [0.25, 0.3) is 5.65 Å². The quantitative estimate of drug-likeness (QED) is 0.625. The maximum absolute atomic E-state index is 12.8. The first-order valence-corrected chi connectivity index (χ1v) is 10.3. The Hall–Kier alpha value is -3.34. The molecule has 12 heteroatoms. The summed E-state index contributed by atoms with van der Waals surface area (Å²) < 4.78 is 6.97. The highest BCUT2D eigenvalue weighted by Gasteiger charge is 2.30. The van der Waals surface area contributed by atoms with E-state index in [1.807, 2.05) is 25.7 Å². The van der Waals surface area contributed by atoms with Crippen LogP contribution in [0.4, 0.5) is 22.4 Å². The Labute approximate surface area is 184 Å². The number of nitrogens with one attached hydrogen (secondary N) is 1. The molecule has 0 aromatic carbocycles. The molecule has 2 amide bonds.